The Bertz CT molecular complexity index is 476. The highest BCUT2D eigenvalue weighted by Gasteiger charge is 2.27. The number of anilines is 2. The summed E-state index contributed by atoms with van der Waals surface area (Å²) in [5.74, 6) is -0.935. The summed E-state index contributed by atoms with van der Waals surface area (Å²) >= 11 is 0. The van der Waals surface area contributed by atoms with Crippen LogP contribution in [0.2, 0.25) is 0 Å². The number of morpholine rings is 1. The van der Waals surface area contributed by atoms with Gasteiger partial charge in [0.15, 0.2) is 0 Å². The molecule has 1 fully saturated rings. The van der Waals surface area contributed by atoms with Crippen LogP contribution in [0.5, 0.6) is 0 Å². The second-order valence-corrected chi connectivity index (χ2v) is 4.94. The number of aromatic carboxylic acids is 1. The van der Waals surface area contributed by atoms with Crippen LogP contribution in [-0.2, 0) is 4.74 Å². The van der Waals surface area contributed by atoms with Crippen LogP contribution in [-0.4, -0.2) is 36.4 Å². The van der Waals surface area contributed by atoms with E-state index >= 15 is 0 Å². The first-order valence-corrected chi connectivity index (χ1v) is 6.54. The molecular formula is C14H20N2O3. The highest BCUT2D eigenvalue weighted by molar-refractivity contribution is 5.90. The Labute approximate surface area is 113 Å². The molecule has 1 aliphatic rings. The summed E-state index contributed by atoms with van der Waals surface area (Å²) in [4.78, 5) is 13.2. The number of nitrogens with two attached hydrogens (primary N) is 1. The predicted molar refractivity (Wildman–Crippen MR) is 74.7 cm³/mol. The average Bonchev–Trinajstić information content (AvgIpc) is 2.39. The SMILES string of the molecule is CCC1COC(C)CN1c1cc(C(=O)O)ccc1N. The number of rotatable bonds is 3. The van der Waals surface area contributed by atoms with Crippen LogP contribution in [0.1, 0.15) is 30.6 Å². The Balaban J connectivity index is 2.37. The second-order valence-electron chi connectivity index (χ2n) is 4.94. The van der Waals surface area contributed by atoms with Crippen LogP contribution >= 0.6 is 0 Å². The molecule has 5 heteroatoms. The first-order chi connectivity index (χ1) is 9.02. The van der Waals surface area contributed by atoms with Crippen molar-refractivity contribution in [1.29, 1.82) is 0 Å². The van der Waals surface area contributed by atoms with E-state index in [4.69, 9.17) is 15.6 Å². The molecule has 2 atom stereocenters. The fourth-order valence-corrected chi connectivity index (χ4v) is 2.40. The molecule has 1 aromatic rings. The number of nitrogens with zero attached hydrogens (tertiary/aromatic N) is 1. The normalized spacial score (nSPS) is 23.4. The zero-order valence-electron chi connectivity index (χ0n) is 11.3. The third-order valence-corrected chi connectivity index (χ3v) is 3.53. The van der Waals surface area contributed by atoms with E-state index in [9.17, 15) is 4.79 Å². The summed E-state index contributed by atoms with van der Waals surface area (Å²) in [6.45, 7) is 5.48. The fourth-order valence-electron chi connectivity index (χ4n) is 2.40. The van der Waals surface area contributed by atoms with Gasteiger partial charge in [-0.3, -0.25) is 0 Å². The van der Waals surface area contributed by atoms with E-state index in [1.54, 1.807) is 12.1 Å². The number of ether oxygens (including phenoxy) is 1. The largest absolute Gasteiger partial charge is 0.478 e. The monoisotopic (exact) mass is 264 g/mol. The number of benzene rings is 1. The molecule has 0 saturated carbocycles. The van der Waals surface area contributed by atoms with Crippen LogP contribution in [0.25, 0.3) is 0 Å². The molecule has 0 aliphatic carbocycles. The Hall–Kier alpha value is -1.75. The minimum atomic E-state index is -0.935. The van der Waals surface area contributed by atoms with Gasteiger partial charge in [0.25, 0.3) is 0 Å². The maximum atomic E-state index is 11.1. The zero-order chi connectivity index (χ0) is 14.0. The molecule has 0 spiro atoms. The highest BCUT2D eigenvalue weighted by Crippen LogP contribution is 2.30. The molecule has 0 radical (unpaired) electrons. The van der Waals surface area contributed by atoms with Gasteiger partial charge in [-0.1, -0.05) is 6.92 Å². The van der Waals surface area contributed by atoms with E-state index in [1.807, 2.05) is 6.92 Å². The third kappa shape index (κ3) is 2.81. The Morgan fingerprint density at radius 1 is 1.58 bits per heavy atom. The van der Waals surface area contributed by atoms with E-state index in [2.05, 4.69) is 11.8 Å². The number of hydrogen-bond acceptors (Lipinski definition) is 4. The number of nitrogen functional groups attached to an aromatic ring is 1. The van der Waals surface area contributed by atoms with Gasteiger partial charge in [-0.15, -0.1) is 0 Å². The summed E-state index contributed by atoms with van der Waals surface area (Å²) in [5, 5.41) is 9.09. The van der Waals surface area contributed by atoms with Crippen molar-refractivity contribution < 1.29 is 14.6 Å². The first-order valence-electron chi connectivity index (χ1n) is 6.54. The van der Waals surface area contributed by atoms with Crippen LogP contribution in [0.4, 0.5) is 11.4 Å². The smallest absolute Gasteiger partial charge is 0.335 e. The Morgan fingerprint density at radius 3 is 2.95 bits per heavy atom. The average molecular weight is 264 g/mol. The van der Waals surface area contributed by atoms with Crippen LogP contribution in [0, 0.1) is 0 Å². The molecule has 2 unspecified atom stereocenters. The van der Waals surface area contributed by atoms with Gasteiger partial charge in [-0.2, -0.15) is 0 Å². The molecule has 19 heavy (non-hydrogen) atoms. The van der Waals surface area contributed by atoms with Crippen molar-refractivity contribution in [3.8, 4) is 0 Å². The Kier molecular flexibility index (Phi) is 3.95. The lowest BCUT2D eigenvalue weighted by molar-refractivity contribution is 0.0300. The molecule has 1 aromatic carbocycles. The number of hydrogen-bond donors (Lipinski definition) is 2. The van der Waals surface area contributed by atoms with Crippen molar-refractivity contribution in [2.24, 2.45) is 0 Å². The molecule has 0 bridgehead atoms. The molecule has 1 heterocycles. The lowest BCUT2D eigenvalue weighted by Gasteiger charge is -2.40. The lowest BCUT2D eigenvalue weighted by Crippen LogP contribution is -2.49. The van der Waals surface area contributed by atoms with Gasteiger partial charge < -0.3 is 20.5 Å². The highest BCUT2D eigenvalue weighted by atomic mass is 16.5. The quantitative estimate of drug-likeness (QED) is 0.816. The number of carboxylic acid groups (broad SMARTS) is 1. The van der Waals surface area contributed by atoms with Crippen molar-refractivity contribution in [2.45, 2.75) is 32.4 Å². The predicted octanol–water partition coefficient (Wildman–Crippen LogP) is 1.97. The van der Waals surface area contributed by atoms with Gasteiger partial charge in [-0.25, -0.2) is 4.79 Å². The molecule has 104 valence electrons. The van der Waals surface area contributed by atoms with E-state index in [0.717, 1.165) is 18.7 Å². The topological polar surface area (TPSA) is 75.8 Å². The summed E-state index contributed by atoms with van der Waals surface area (Å²) < 4.78 is 5.65. The number of carbonyl (C=O) groups is 1. The minimum absolute atomic E-state index is 0.121. The van der Waals surface area contributed by atoms with Crippen LogP contribution < -0.4 is 10.6 Å². The van der Waals surface area contributed by atoms with Gasteiger partial charge in [-0.05, 0) is 31.5 Å². The first kappa shape index (κ1) is 13.7. The zero-order valence-corrected chi connectivity index (χ0v) is 11.3. The van der Waals surface area contributed by atoms with Crippen LogP contribution in [0.15, 0.2) is 18.2 Å². The van der Waals surface area contributed by atoms with Crippen molar-refractivity contribution in [3.05, 3.63) is 23.8 Å². The maximum absolute atomic E-state index is 11.1. The molecule has 5 nitrogen and oxygen atoms in total. The van der Waals surface area contributed by atoms with Gasteiger partial charge in [0.2, 0.25) is 0 Å². The number of carboxylic acids is 1. The summed E-state index contributed by atoms with van der Waals surface area (Å²) in [6.07, 6.45) is 1.05. The molecule has 0 aromatic heterocycles. The van der Waals surface area contributed by atoms with Gasteiger partial charge in [0, 0.05) is 6.54 Å². The van der Waals surface area contributed by atoms with Gasteiger partial charge in [0.05, 0.1) is 35.7 Å². The molecular weight excluding hydrogens is 244 g/mol. The summed E-state index contributed by atoms with van der Waals surface area (Å²) in [6, 6.07) is 5.08. The fraction of sp³-hybridized carbons (Fsp3) is 0.500. The minimum Gasteiger partial charge on any atom is -0.478 e. The summed E-state index contributed by atoms with van der Waals surface area (Å²) in [7, 11) is 0. The lowest BCUT2D eigenvalue weighted by atomic mass is 10.1. The molecule has 1 saturated heterocycles. The molecule has 2 rings (SSSR count). The Morgan fingerprint density at radius 2 is 2.32 bits per heavy atom. The van der Waals surface area contributed by atoms with Crippen molar-refractivity contribution in [3.63, 3.8) is 0 Å². The summed E-state index contributed by atoms with van der Waals surface area (Å²) in [5.41, 5.74) is 7.67. The van der Waals surface area contributed by atoms with E-state index in [1.165, 1.54) is 6.07 Å². The van der Waals surface area contributed by atoms with E-state index < -0.39 is 5.97 Å². The van der Waals surface area contributed by atoms with Gasteiger partial charge >= 0.3 is 5.97 Å². The van der Waals surface area contributed by atoms with Crippen molar-refractivity contribution in [1.82, 2.24) is 0 Å². The van der Waals surface area contributed by atoms with Gasteiger partial charge in [0.1, 0.15) is 0 Å². The van der Waals surface area contributed by atoms with E-state index in [-0.39, 0.29) is 17.7 Å². The van der Waals surface area contributed by atoms with Crippen molar-refractivity contribution in [2.75, 3.05) is 23.8 Å². The van der Waals surface area contributed by atoms with Crippen molar-refractivity contribution >= 4 is 17.3 Å². The van der Waals surface area contributed by atoms with Crippen LogP contribution in [0.3, 0.4) is 0 Å². The third-order valence-electron chi connectivity index (χ3n) is 3.53. The van der Waals surface area contributed by atoms with E-state index in [0.29, 0.717) is 12.3 Å². The molecule has 1 aliphatic heterocycles. The molecule has 3 N–H and O–H groups in total. The molecule has 0 amide bonds. The standard InChI is InChI=1S/C14H20N2O3/c1-3-11-8-19-9(2)7-16(11)13-6-10(14(17)18)4-5-12(13)15/h4-6,9,11H,3,7-8,15H2,1-2H3,(H,17,18). The maximum Gasteiger partial charge on any atom is 0.335 e. The second kappa shape index (κ2) is 5.48.